The van der Waals surface area contributed by atoms with Crippen molar-refractivity contribution < 1.29 is 14.3 Å². The molecule has 1 atom stereocenters. The molecule has 0 aliphatic heterocycles. The number of rotatable bonds is 7. The summed E-state index contributed by atoms with van der Waals surface area (Å²) in [6, 6.07) is 27.3. The highest BCUT2D eigenvalue weighted by Crippen LogP contribution is 2.24. The van der Waals surface area contributed by atoms with Crippen LogP contribution in [0.5, 0.6) is 0 Å². The maximum Gasteiger partial charge on any atom is 0.311 e. The van der Waals surface area contributed by atoms with Gasteiger partial charge in [-0.3, -0.25) is 9.59 Å². The van der Waals surface area contributed by atoms with Gasteiger partial charge < -0.3 is 10.1 Å². The summed E-state index contributed by atoms with van der Waals surface area (Å²) in [5, 5.41) is 2.93. The van der Waals surface area contributed by atoms with Crippen LogP contribution in [0.25, 0.3) is 11.1 Å². The molecular weight excluding hydrogens is 362 g/mol. The molecule has 1 N–H and O–H groups in total. The molecule has 4 heteroatoms. The Balaban J connectivity index is 1.43. The van der Waals surface area contributed by atoms with E-state index in [1.165, 1.54) is 0 Å². The van der Waals surface area contributed by atoms with Gasteiger partial charge in [-0.15, -0.1) is 0 Å². The number of nitrogens with one attached hydrogen (secondary N) is 1. The van der Waals surface area contributed by atoms with Crippen molar-refractivity contribution in [3.05, 3.63) is 96.1 Å². The Labute approximate surface area is 170 Å². The Morgan fingerprint density at radius 1 is 0.828 bits per heavy atom. The first-order chi connectivity index (χ1) is 14.2. The highest BCUT2D eigenvalue weighted by molar-refractivity contribution is 5.86. The summed E-state index contributed by atoms with van der Waals surface area (Å²) in [5.41, 5.74) is 3.75. The second-order valence-electron chi connectivity index (χ2n) is 7.30. The third-order valence-corrected chi connectivity index (χ3v) is 4.92. The molecule has 0 spiro atoms. The number of carbonyl (C=O) groups is 2. The molecule has 4 nitrogen and oxygen atoms in total. The van der Waals surface area contributed by atoms with E-state index in [1.807, 2.05) is 72.8 Å². The molecule has 0 radical (unpaired) electrons. The third-order valence-electron chi connectivity index (χ3n) is 4.92. The maximum atomic E-state index is 12.6. The summed E-state index contributed by atoms with van der Waals surface area (Å²) < 4.78 is 5.59. The van der Waals surface area contributed by atoms with Gasteiger partial charge in [0.15, 0.2) is 0 Å². The van der Waals surface area contributed by atoms with Crippen LogP contribution in [0.15, 0.2) is 84.9 Å². The monoisotopic (exact) mass is 385 g/mol. The molecule has 1 fully saturated rings. The number of benzene rings is 3. The lowest BCUT2D eigenvalue weighted by Gasteiger charge is -2.18. The minimum atomic E-state index is -0.923. The number of amides is 1. The highest BCUT2D eigenvalue weighted by atomic mass is 16.5. The van der Waals surface area contributed by atoms with Crippen LogP contribution in [0.1, 0.15) is 30.1 Å². The van der Waals surface area contributed by atoms with Crippen LogP contribution in [0.4, 0.5) is 0 Å². The van der Waals surface area contributed by atoms with Crippen LogP contribution in [0.2, 0.25) is 0 Å². The van der Waals surface area contributed by atoms with Gasteiger partial charge in [0, 0.05) is 11.6 Å². The second-order valence-corrected chi connectivity index (χ2v) is 7.30. The average molecular weight is 385 g/mol. The number of hydrogen-bond acceptors (Lipinski definition) is 3. The SMILES string of the molecule is O=C(Cc1ccc(-c2ccccc2)cc1)O[C@H](C(=O)NC1CC1)c1ccccc1. The van der Waals surface area contributed by atoms with Gasteiger partial charge in [-0.2, -0.15) is 0 Å². The van der Waals surface area contributed by atoms with Crippen molar-refractivity contribution >= 4 is 11.9 Å². The third kappa shape index (κ3) is 5.11. The van der Waals surface area contributed by atoms with Gasteiger partial charge in [0.2, 0.25) is 6.10 Å². The number of esters is 1. The van der Waals surface area contributed by atoms with Crippen molar-refractivity contribution in [1.29, 1.82) is 0 Å². The van der Waals surface area contributed by atoms with E-state index >= 15 is 0 Å². The van der Waals surface area contributed by atoms with Crippen molar-refractivity contribution in [3.8, 4) is 11.1 Å². The van der Waals surface area contributed by atoms with Crippen LogP contribution in [0, 0.1) is 0 Å². The molecule has 0 heterocycles. The minimum Gasteiger partial charge on any atom is -0.447 e. The first kappa shape index (κ1) is 18.9. The number of hydrogen-bond donors (Lipinski definition) is 1. The summed E-state index contributed by atoms with van der Waals surface area (Å²) in [6.45, 7) is 0. The van der Waals surface area contributed by atoms with Crippen molar-refractivity contribution in [1.82, 2.24) is 5.32 Å². The van der Waals surface area contributed by atoms with Gasteiger partial charge in [-0.1, -0.05) is 84.9 Å². The standard InChI is InChI=1S/C25H23NO3/c27-23(17-18-11-13-20(14-12-18)19-7-3-1-4-8-19)29-24(21-9-5-2-6-10-21)25(28)26-22-15-16-22/h1-14,22,24H,15-17H2,(H,26,28)/t24-/m0/s1. The summed E-state index contributed by atoms with van der Waals surface area (Å²) in [7, 11) is 0. The van der Waals surface area contributed by atoms with E-state index in [-0.39, 0.29) is 18.4 Å². The largest absolute Gasteiger partial charge is 0.447 e. The normalized spacial score (nSPS) is 14.1. The Morgan fingerprint density at radius 3 is 2.03 bits per heavy atom. The first-order valence-electron chi connectivity index (χ1n) is 9.88. The fraction of sp³-hybridized carbons (Fsp3) is 0.200. The van der Waals surface area contributed by atoms with Gasteiger partial charge in [-0.25, -0.2) is 0 Å². The Bertz CT molecular complexity index is 964. The van der Waals surface area contributed by atoms with Crippen LogP contribution < -0.4 is 5.32 Å². The van der Waals surface area contributed by atoms with E-state index in [1.54, 1.807) is 12.1 Å². The summed E-state index contributed by atoms with van der Waals surface area (Å²) >= 11 is 0. The fourth-order valence-electron chi connectivity index (χ4n) is 3.19. The van der Waals surface area contributed by atoms with Crippen LogP contribution in [-0.4, -0.2) is 17.9 Å². The number of carbonyl (C=O) groups excluding carboxylic acids is 2. The molecule has 0 bridgehead atoms. The quantitative estimate of drug-likeness (QED) is 0.611. The summed E-state index contributed by atoms with van der Waals surface area (Å²) in [6.07, 6.45) is 1.16. The molecule has 0 saturated heterocycles. The van der Waals surface area contributed by atoms with Crippen molar-refractivity contribution in [2.45, 2.75) is 31.4 Å². The summed E-state index contributed by atoms with van der Waals surface area (Å²) in [5.74, 6) is -0.677. The average Bonchev–Trinajstić information content (AvgIpc) is 3.58. The van der Waals surface area contributed by atoms with E-state index in [2.05, 4.69) is 5.32 Å². The number of ether oxygens (including phenoxy) is 1. The van der Waals surface area contributed by atoms with Gasteiger partial charge >= 0.3 is 5.97 Å². The van der Waals surface area contributed by atoms with Gasteiger partial charge in [0.1, 0.15) is 0 Å². The Morgan fingerprint density at radius 2 is 1.41 bits per heavy atom. The predicted molar refractivity (Wildman–Crippen MR) is 112 cm³/mol. The smallest absolute Gasteiger partial charge is 0.311 e. The van der Waals surface area contributed by atoms with E-state index in [4.69, 9.17) is 4.74 Å². The molecule has 3 aromatic rings. The molecule has 0 unspecified atom stereocenters. The molecule has 1 aliphatic rings. The van der Waals surface area contributed by atoms with Gasteiger partial charge in [0.25, 0.3) is 5.91 Å². The molecule has 1 aliphatic carbocycles. The maximum absolute atomic E-state index is 12.6. The lowest BCUT2D eigenvalue weighted by atomic mass is 10.0. The Kier molecular flexibility index (Phi) is 5.71. The molecule has 3 aromatic carbocycles. The van der Waals surface area contributed by atoms with Crippen LogP contribution in [-0.2, 0) is 20.7 Å². The van der Waals surface area contributed by atoms with Crippen molar-refractivity contribution in [3.63, 3.8) is 0 Å². The molecule has 4 rings (SSSR count). The van der Waals surface area contributed by atoms with Crippen LogP contribution in [0.3, 0.4) is 0 Å². The molecule has 146 valence electrons. The van der Waals surface area contributed by atoms with Crippen molar-refractivity contribution in [2.24, 2.45) is 0 Å². The lowest BCUT2D eigenvalue weighted by molar-refractivity contribution is -0.156. The fourth-order valence-corrected chi connectivity index (χ4v) is 3.19. The predicted octanol–water partition coefficient (Wildman–Crippen LogP) is 4.46. The zero-order valence-electron chi connectivity index (χ0n) is 16.1. The highest BCUT2D eigenvalue weighted by Gasteiger charge is 2.30. The molecular formula is C25H23NO3. The minimum absolute atomic E-state index is 0.120. The lowest BCUT2D eigenvalue weighted by Crippen LogP contribution is -2.33. The topological polar surface area (TPSA) is 55.4 Å². The zero-order valence-corrected chi connectivity index (χ0v) is 16.1. The second kappa shape index (κ2) is 8.74. The van der Waals surface area contributed by atoms with E-state index in [9.17, 15) is 9.59 Å². The van der Waals surface area contributed by atoms with Crippen molar-refractivity contribution in [2.75, 3.05) is 0 Å². The zero-order chi connectivity index (χ0) is 20.1. The molecule has 1 saturated carbocycles. The molecule has 29 heavy (non-hydrogen) atoms. The van der Waals surface area contributed by atoms with Gasteiger partial charge in [-0.05, 0) is 29.5 Å². The van der Waals surface area contributed by atoms with Crippen LogP contribution >= 0.6 is 0 Å². The molecule has 1 amide bonds. The van der Waals surface area contributed by atoms with E-state index in [0.29, 0.717) is 5.56 Å². The molecule has 0 aromatic heterocycles. The summed E-state index contributed by atoms with van der Waals surface area (Å²) in [4.78, 5) is 25.1. The first-order valence-corrected chi connectivity index (χ1v) is 9.88. The Hall–Kier alpha value is -3.40. The van der Waals surface area contributed by atoms with E-state index < -0.39 is 12.1 Å². The van der Waals surface area contributed by atoms with Gasteiger partial charge in [0.05, 0.1) is 6.42 Å². The van der Waals surface area contributed by atoms with E-state index in [0.717, 1.165) is 29.5 Å².